The zero-order valence-electron chi connectivity index (χ0n) is 8.36. The van der Waals surface area contributed by atoms with Gasteiger partial charge >= 0.3 is 0 Å². The molecule has 2 N–H and O–H groups in total. The van der Waals surface area contributed by atoms with Gasteiger partial charge in [-0.15, -0.1) is 0 Å². The average Bonchev–Trinajstić information content (AvgIpc) is 2.53. The lowest BCUT2D eigenvalue weighted by Crippen LogP contribution is -2.27. The maximum atomic E-state index is 5.93. The van der Waals surface area contributed by atoms with Gasteiger partial charge in [0.1, 0.15) is 5.76 Å². The van der Waals surface area contributed by atoms with Gasteiger partial charge in [-0.2, -0.15) is 0 Å². The number of nitrogens with two attached hydrogens (primary N) is 1. The molecule has 0 spiro atoms. The minimum absolute atomic E-state index is 0.202. The highest BCUT2D eigenvalue weighted by Gasteiger charge is 2.05. The van der Waals surface area contributed by atoms with E-state index in [1.165, 1.54) is 0 Å². The summed E-state index contributed by atoms with van der Waals surface area (Å²) in [5.74, 6) is 0.978. The Bertz CT molecular complexity index is 219. The fourth-order valence-electron chi connectivity index (χ4n) is 1.21. The van der Waals surface area contributed by atoms with Crippen molar-refractivity contribution in [2.24, 2.45) is 5.73 Å². The third-order valence-corrected chi connectivity index (χ3v) is 1.99. The first-order chi connectivity index (χ1) is 6.18. The molecule has 1 atom stereocenters. The molecule has 0 amide bonds. The second kappa shape index (κ2) is 5.04. The lowest BCUT2D eigenvalue weighted by Gasteiger charge is -2.13. The highest BCUT2D eigenvalue weighted by molar-refractivity contribution is 5.00. The summed E-state index contributed by atoms with van der Waals surface area (Å²) in [5.41, 5.74) is 5.93. The minimum atomic E-state index is 0.202. The second-order valence-corrected chi connectivity index (χ2v) is 3.64. The molecule has 3 heteroatoms. The lowest BCUT2D eigenvalue weighted by molar-refractivity contribution is 0.372. The third-order valence-electron chi connectivity index (χ3n) is 1.99. The van der Waals surface area contributed by atoms with Crippen molar-refractivity contribution >= 4 is 0 Å². The Morgan fingerprint density at radius 1 is 1.54 bits per heavy atom. The van der Waals surface area contributed by atoms with Crippen molar-refractivity contribution in [1.29, 1.82) is 0 Å². The molecule has 0 aliphatic heterocycles. The number of furan rings is 1. The van der Waals surface area contributed by atoms with Crippen molar-refractivity contribution in [2.75, 3.05) is 20.6 Å². The minimum Gasteiger partial charge on any atom is -0.469 e. The second-order valence-electron chi connectivity index (χ2n) is 3.64. The molecule has 0 bridgehead atoms. The van der Waals surface area contributed by atoms with Gasteiger partial charge in [0.15, 0.2) is 0 Å². The molecule has 0 radical (unpaired) electrons. The van der Waals surface area contributed by atoms with Gasteiger partial charge in [0.25, 0.3) is 0 Å². The van der Waals surface area contributed by atoms with Crippen LogP contribution in [-0.4, -0.2) is 31.6 Å². The smallest absolute Gasteiger partial charge is 0.105 e. The average molecular weight is 182 g/mol. The van der Waals surface area contributed by atoms with Crippen LogP contribution in [0.5, 0.6) is 0 Å². The summed E-state index contributed by atoms with van der Waals surface area (Å²) in [5, 5.41) is 0. The first-order valence-corrected chi connectivity index (χ1v) is 4.61. The van der Waals surface area contributed by atoms with E-state index < -0.39 is 0 Å². The molecule has 1 heterocycles. The van der Waals surface area contributed by atoms with Crippen LogP contribution in [-0.2, 0) is 6.42 Å². The Hall–Kier alpha value is -0.800. The quantitative estimate of drug-likeness (QED) is 0.741. The molecule has 0 aromatic carbocycles. The molecule has 74 valence electrons. The van der Waals surface area contributed by atoms with E-state index in [1.54, 1.807) is 6.26 Å². The van der Waals surface area contributed by atoms with Gasteiger partial charge in [-0.1, -0.05) is 0 Å². The van der Waals surface area contributed by atoms with Crippen LogP contribution in [0.4, 0.5) is 0 Å². The molecule has 0 aliphatic rings. The van der Waals surface area contributed by atoms with Crippen LogP contribution in [0.15, 0.2) is 22.8 Å². The van der Waals surface area contributed by atoms with Crippen LogP contribution in [0.25, 0.3) is 0 Å². The van der Waals surface area contributed by atoms with E-state index in [9.17, 15) is 0 Å². The van der Waals surface area contributed by atoms with Gasteiger partial charge in [-0.3, -0.25) is 0 Å². The summed E-state index contributed by atoms with van der Waals surface area (Å²) in [4.78, 5) is 2.14. The van der Waals surface area contributed by atoms with Crippen molar-refractivity contribution in [3.8, 4) is 0 Å². The van der Waals surface area contributed by atoms with E-state index in [4.69, 9.17) is 10.2 Å². The highest BCUT2D eigenvalue weighted by atomic mass is 16.3. The summed E-state index contributed by atoms with van der Waals surface area (Å²) in [7, 11) is 4.11. The van der Waals surface area contributed by atoms with Crippen molar-refractivity contribution in [2.45, 2.75) is 18.9 Å². The van der Waals surface area contributed by atoms with Gasteiger partial charge in [0, 0.05) is 12.5 Å². The standard InChI is InChI=1S/C10H18N2O/c1-12(2)6-5-9(11)8-10-4-3-7-13-10/h3-4,7,9H,5-6,8,11H2,1-2H3. The monoisotopic (exact) mass is 182 g/mol. The van der Waals surface area contributed by atoms with E-state index >= 15 is 0 Å². The predicted molar refractivity (Wildman–Crippen MR) is 53.6 cm³/mol. The van der Waals surface area contributed by atoms with E-state index in [1.807, 2.05) is 12.1 Å². The lowest BCUT2D eigenvalue weighted by atomic mass is 10.1. The van der Waals surface area contributed by atoms with Crippen molar-refractivity contribution in [1.82, 2.24) is 4.90 Å². The van der Waals surface area contributed by atoms with Crippen LogP contribution in [0.1, 0.15) is 12.2 Å². The van der Waals surface area contributed by atoms with E-state index in [-0.39, 0.29) is 6.04 Å². The molecule has 3 nitrogen and oxygen atoms in total. The predicted octanol–water partition coefficient (Wildman–Crippen LogP) is 1.10. The molecule has 1 unspecified atom stereocenters. The molecule has 13 heavy (non-hydrogen) atoms. The Kier molecular flexibility index (Phi) is 3.99. The number of hydrogen-bond acceptors (Lipinski definition) is 3. The molecule has 0 fully saturated rings. The number of nitrogens with zero attached hydrogens (tertiary/aromatic N) is 1. The Labute approximate surface area is 79.5 Å². The fourth-order valence-corrected chi connectivity index (χ4v) is 1.21. The first-order valence-electron chi connectivity index (χ1n) is 4.61. The maximum absolute atomic E-state index is 5.93. The number of hydrogen-bond donors (Lipinski definition) is 1. The Morgan fingerprint density at radius 3 is 2.85 bits per heavy atom. The maximum Gasteiger partial charge on any atom is 0.105 e. The topological polar surface area (TPSA) is 42.4 Å². The summed E-state index contributed by atoms with van der Waals surface area (Å²) >= 11 is 0. The molecule has 1 aromatic heterocycles. The van der Waals surface area contributed by atoms with Gasteiger partial charge in [0.05, 0.1) is 6.26 Å². The van der Waals surface area contributed by atoms with E-state index in [2.05, 4.69) is 19.0 Å². The summed E-state index contributed by atoms with van der Waals surface area (Å²) in [6, 6.07) is 4.07. The molecular formula is C10H18N2O. The van der Waals surface area contributed by atoms with Crippen LogP contribution in [0.3, 0.4) is 0 Å². The number of rotatable bonds is 5. The van der Waals surface area contributed by atoms with E-state index in [0.717, 1.165) is 25.1 Å². The van der Waals surface area contributed by atoms with Crippen LogP contribution >= 0.6 is 0 Å². The Morgan fingerprint density at radius 2 is 2.31 bits per heavy atom. The molecule has 1 rings (SSSR count). The zero-order valence-corrected chi connectivity index (χ0v) is 8.36. The van der Waals surface area contributed by atoms with Gasteiger partial charge in [0.2, 0.25) is 0 Å². The molecule has 0 saturated carbocycles. The SMILES string of the molecule is CN(C)CCC(N)Cc1ccco1. The molecular weight excluding hydrogens is 164 g/mol. The van der Waals surface area contributed by atoms with Crippen molar-refractivity contribution in [3.05, 3.63) is 24.2 Å². The van der Waals surface area contributed by atoms with Crippen LogP contribution in [0, 0.1) is 0 Å². The zero-order chi connectivity index (χ0) is 9.68. The van der Waals surface area contributed by atoms with Gasteiger partial charge in [-0.05, 0) is 39.2 Å². The Balaban J connectivity index is 2.22. The normalized spacial score (nSPS) is 13.5. The van der Waals surface area contributed by atoms with Gasteiger partial charge in [-0.25, -0.2) is 0 Å². The third kappa shape index (κ3) is 4.10. The molecule has 0 aliphatic carbocycles. The largest absolute Gasteiger partial charge is 0.469 e. The van der Waals surface area contributed by atoms with E-state index in [0.29, 0.717) is 0 Å². The molecule has 1 aromatic rings. The van der Waals surface area contributed by atoms with Crippen LogP contribution in [0.2, 0.25) is 0 Å². The highest BCUT2D eigenvalue weighted by Crippen LogP contribution is 2.04. The van der Waals surface area contributed by atoms with Crippen molar-refractivity contribution in [3.63, 3.8) is 0 Å². The molecule has 0 saturated heterocycles. The van der Waals surface area contributed by atoms with Crippen LogP contribution < -0.4 is 5.73 Å². The van der Waals surface area contributed by atoms with Crippen molar-refractivity contribution < 1.29 is 4.42 Å². The summed E-state index contributed by atoms with van der Waals surface area (Å²) in [6.07, 6.45) is 3.53. The fraction of sp³-hybridized carbons (Fsp3) is 0.600. The van der Waals surface area contributed by atoms with Gasteiger partial charge < -0.3 is 15.1 Å². The summed E-state index contributed by atoms with van der Waals surface area (Å²) < 4.78 is 5.22. The first kappa shape index (κ1) is 10.3. The summed E-state index contributed by atoms with van der Waals surface area (Å²) in [6.45, 7) is 1.03.